The van der Waals surface area contributed by atoms with Gasteiger partial charge in [-0.15, -0.1) is 0 Å². The molecule has 12 heteroatoms. The van der Waals surface area contributed by atoms with Crippen LogP contribution < -0.4 is 5.32 Å². The van der Waals surface area contributed by atoms with Crippen LogP contribution in [-0.4, -0.2) is 119 Å². The maximum atomic E-state index is 13.9. The summed E-state index contributed by atoms with van der Waals surface area (Å²) in [5.41, 5.74) is 3.77. The van der Waals surface area contributed by atoms with Crippen LogP contribution in [0.3, 0.4) is 0 Å². The Morgan fingerprint density at radius 3 is 2.26 bits per heavy atom. The summed E-state index contributed by atoms with van der Waals surface area (Å²) in [5, 5.41) is 23.1. The number of carbonyl (C=O) groups is 3. The second-order valence-corrected chi connectivity index (χ2v) is 13.0. The molecule has 3 saturated heterocycles. The number of carbonyl (C=O) groups excluding carboxylic acids is 3. The lowest BCUT2D eigenvalue weighted by Crippen LogP contribution is -2.56. The number of aromatic hydroxyl groups is 2. The van der Waals surface area contributed by atoms with Crippen LogP contribution in [0.4, 0.5) is 15.3 Å². The van der Waals surface area contributed by atoms with Gasteiger partial charge in [-0.25, -0.2) is 9.59 Å². The molecule has 4 heterocycles. The van der Waals surface area contributed by atoms with E-state index in [-0.39, 0.29) is 35.9 Å². The van der Waals surface area contributed by atoms with E-state index in [0.29, 0.717) is 68.4 Å². The summed E-state index contributed by atoms with van der Waals surface area (Å²) in [5.74, 6) is 0.166. The van der Waals surface area contributed by atoms with Crippen LogP contribution in [0.5, 0.6) is 11.5 Å². The Bertz CT molecular complexity index is 1420. The fraction of sp³-hybridized carbons (Fsp3) is 0.559. The summed E-state index contributed by atoms with van der Waals surface area (Å²) in [7, 11) is 0. The molecular formula is C34H45N5O7. The molecule has 1 atom stereocenters. The van der Waals surface area contributed by atoms with E-state index in [1.807, 2.05) is 30.9 Å². The highest BCUT2D eigenvalue weighted by atomic mass is 16.6. The number of likely N-dealkylation sites (tertiary alicyclic amines) is 1. The van der Waals surface area contributed by atoms with E-state index < -0.39 is 12.2 Å². The number of piperidine rings is 1. The van der Waals surface area contributed by atoms with Crippen LogP contribution in [0.15, 0.2) is 30.3 Å². The van der Waals surface area contributed by atoms with E-state index in [1.54, 1.807) is 28.0 Å². The Hall–Kier alpha value is -4.03. The molecule has 12 nitrogen and oxygen atoms in total. The number of piperazine rings is 1. The first-order valence-electron chi connectivity index (χ1n) is 16.4. The number of urea groups is 1. The zero-order chi connectivity index (χ0) is 32.4. The lowest BCUT2D eigenvalue weighted by molar-refractivity contribution is -0.143. The fourth-order valence-corrected chi connectivity index (χ4v) is 7.24. The Morgan fingerprint density at radius 2 is 1.59 bits per heavy atom. The van der Waals surface area contributed by atoms with Crippen molar-refractivity contribution in [3.8, 4) is 11.5 Å². The average Bonchev–Trinajstić information content (AvgIpc) is 3.07. The molecule has 0 unspecified atom stereocenters. The van der Waals surface area contributed by atoms with Gasteiger partial charge in [-0.05, 0) is 80.0 Å². The van der Waals surface area contributed by atoms with Crippen LogP contribution in [0.25, 0.3) is 0 Å². The number of nitrogens with zero attached hydrogens (tertiary/aromatic N) is 4. The summed E-state index contributed by atoms with van der Waals surface area (Å²) < 4.78 is 11.5. The normalized spacial score (nSPS) is 20.7. The van der Waals surface area contributed by atoms with Crippen LogP contribution in [0, 0.1) is 13.8 Å². The van der Waals surface area contributed by atoms with Gasteiger partial charge in [0.1, 0.15) is 11.5 Å². The molecule has 4 amide bonds. The second kappa shape index (κ2) is 13.8. The molecule has 4 aliphatic rings. The maximum Gasteiger partial charge on any atom is 0.410 e. The fourth-order valence-electron chi connectivity index (χ4n) is 7.24. The lowest BCUT2D eigenvalue weighted by atomic mass is 10.00. The van der Waals surface area contributed by atoms with Crippen LogP contribution >= 0.6 is 0 Å². The second-order valence-electron chi connectivity index (χ2n) is 13.0. The number of phenolic OH excluding ortho intramolecular Hbond substituents is 2. The molecule has 4 aliphatic heterocycles. The van der Waals surface area contributed by atoms with Crippen molar-refractivity contribution in [3.05, 3.63) is 52.6 Å². The van der Waals surface area contributed by atoms with Crippen molar-refractivity contribution < 1.29 is 34.1 Å². The zero-order valence-electron chi connectivity index (χ0n) is 26.7. The molecule has 46 heavy (non-hydrogen) atoms. The topological polar surface area (TPSA) is 135 Å². The van der Waals surface area contributed by atoms with Crippen molar-refractivity contribution in [1.82, 2.24) is 19.6 Å². The molecule has 0 aromatic heterocycles. The molecule has 0 spiro atoms. The van der Waals surface area contributed by atoms with Crippen molar-refractivity contribution in [2.24, 2.45) is 0 Å². The molecule has 2 aromatic rings. The van der Waals surface area contributed by atoms with Gasteiger partial charge >= 0.3 is 12.1 Å². The minimum absolute atomic E-state index is 0.0769. The largest absolute Gasteiger partial charge is 0.508 e. The number of ether oxygens (including phenoxy) is 2. The highest BCUT2D eigenvalue weighted by Crippen LogP contribution is 2.31. The van der Waals surface area contributed by atoms with Gasteiger partial charge in [0.25, 0.3) is 5.91 Å². The number of anilines is 1. The number of phenols is 2. The van der Waals surface area contributed by atoms with E-state index in [9.17, 15) is 24.6 Å². The summed E-state index contributed by atoms with van der Waals surface area (Å²) in [6, 6.07) is 8.79. The summed E-state index contributed by atoms with van der Waals surface area (Å²) in [6.07, 6.45) is 1.82. The van der Waals surface area contributed by atoms with Gasteiger partial charge in [0.15, 0.2) is 6.10 Å². The maximum absolute atomic E-state index is 13.9. The number of aryl methyl sites for hydroxylation is 2. The predicted octanol–water partition coefficient (Wildman–Crippen LogP) is 3.60. The summed E-state index contributed by atoms with van der Waals surface area (Å²) in [6.45, 7) is 9.04. The Morgan fingerprint density at radius 1 is 0.913 bits per heavy atom. The highest BCUT2D eigenvalue weighted by molar-refractivity contribution is 5.92. The minimum Gasteiger partial charge on any atom is -0.508 e. The van der Waals surface area contributed by atoms with Crippen molar-refractivity contribution in [1.29, 1.82) is 0 Å². The Kier molecular flexibility index (Phi) is 9.55. The third-order valence-corrected chi connectivity index (χ3v) is 9.92. The number of hydrogen-bond acceptors (Lipinski definition) is 8. The number of benzene rings is 2. The van der Waals surface area contributed by atoms with E-state index >= 15 is 0 Å². The van der Waals surface area contributed by atoms with Gasteiger partial charge in [0, 0.05) is 83.2 Å². The Labute approximate surface area is 269 Å². The monoisotopic (exact) mass is 635 g/mol. The molecule has 3 fully saturated rings. The average molecular weight is 636 g/mol. The van der Waals surface area contributed by atoms with Crippen LogP contribution in [-0.2, 0) is 27.2 Å². The smallest absolute Gasteiger partial charge is 0.410 e. The zero-order valence-corrected chi connectivity index (χ0v) is 26.7. The molecule has 2 aromatic carbocycles. The van der Waals surface area contributed by atoms with Crippen molar-refractivity contribution >= 4 is 23.7 Å². The SMILES string of the molecule is Cc1cc(C[C@@H](OC(=O)N2CCC(N3Cc4cc(O)ccc4NC3=O)CC2)C(=O)N2CCN(C3CCOCC3)CC2)cc(C)c1O. The molecule has 0 radical (unpaired) electrons. The van der Waals surface area contributed by atoms with Gasteiger partial charge in [-0.1, -0.05) is 12.1 Å². The number of nitrogens with one attached hydrogen (secondary N) is 1. The number of amides is 4. The van der Waals surface area contributed by atoms with Gasteiger partial charge in [-0.2, -0.15) is 0 Å². The van der Waals surface area contributed by atoms with Crippen LogP contribution in [0.1, 0.15) is 47.9 Å². The predicted molar refractivity (Wildman–Crippen MR) is 171 cm³/mol. The number of rotatable bonds is 6. The first kappa shape index (κ1) is 31.9. The molecule has 248 valence electrons. The van der Waals surface area contributed by atoms with Gasteiger partial charge in [0.05, 0.1) is 0 Å². The van der Waals surface area contributed by atoms with Crippen molar-refractivity contribution in [3.63, 3.8) is 0 Å². The molecule has 3 N–H and O–H groups in total. The molecule has 0 bridgehead atoms. The van der Waals surface area contributed by atoms with Gasteiger partial charge in [-0.3, -0.25) is 9.69 Å². The quantitative estimate of drug-likeness (QED) is 0.410. The molecule has 0 saturated carbocycles. The number of hydrogen-bond donors (Lipinski definition) is 3. The highest BCUT2D eigenvalue weighted by Gasteiger charge is 2.36. The standard InChI is InChI=1S/C34H45N5O7/c1-22-17-24(18-23(2)31(22)41)19-30(32(42)37-13-11-36(12-14-37)26-7-15-45-16-8-26)46-34(44)38-9-5-27(6-10-38)39-21-25-20-28(40)3-4-29(25)35-33(39)43/h3-4,17-18,20,26-27,30,40-41H,5-16,19,21H2,1-2H3,(H,35,43)/t30-/m1/s1. The van der Waals surface area contributed by atoms with E-state index in [4.69, 9.17) is 9.47 Å². The van der Waals surface area contributed by atoms with Crippen molar-refractivity contribution in [2.45, 2.75) is 70.7 Å². The lowest BCUT2D eigenvalue weighted by Gasteiger charge is -2.42. The van der Waals surface area contributed by atoms with E-state index in [1.165, 1.54) is 0 Å². The molecule has 0 aliphatic carbocycles. The number of fused-ring (bicyclic) bond motifs is 1. The third-order valence-electron chi connectivity index (χ3n) is 9.92. The van der Waals surface area contributed by atoms with Crippen molar-refractivity contribution in [2.75, 3.05) is 57.8 Å². The Balaban J connectivity index is 1.09. The molecule has 6 rings (SSSR count). The minimum atomic E-state index is -1.000. The van der Waals surface area contributed by atoms with E-state index in [2.05, 4.69) is 10.2 Å². The van der Waals surface area contributed by atoms with E-state index in [0.717, 1.165) is 50.3 Å². The molecular weight excluding hydrogens is 590 g/mol. The van der Waals surface area contributed by atoms with Crippen LogP contribution in [0.2, 0.25) is 0 Å². The third kappa shape index (κ3) is 7.02. The summed E-state index contributed by atoms with van der Waals surface area (Å²) in [4.78, 5) is 48.0. The van der Waals surface area contributed by atoms with Gasteiger partial charge in [0.2, 0.25) is 0 Å². The van der Waals surface area contributed by atoms with Gasteiger partial charge < -0.3 is 39.7 Å². The summed E-state index contributed by atoms with van der Waals surface area (Å²) >= 11 is 0. The first-order valence-corrected chi connectivity index (χ1v) is 16.4. The first-order chi connectivity index (χ1) is 22.2.